The molecule has 2 aliphatic rings. The molecule has 0 radical (unpaired) electrons. The summed E-state index contributed by atoms with van der Waals surface area (Å²) in [4.78, 5) is 0. The molecule has 0 N–H and O–H groups in total. The predicted octanol–water partition coefficient (Wildman–Crippen LogP) is 7.02. The second kappa shape index (κ2) is 8.45. The van der Waals surface area contributed by atoms with Gasteiger partial charge in [-0.2, -0.15) is 5.10 Å². The molecule has 0 bridgehead atoms. The van der Waals surface area contributed by atoms with Crippen molar-refractivity contribution >= 4 is 28.9 Å². The van der Waals surface area contributed by atoms with Crippen molar-refractivity contribution in [2.75, 3.05) is 6.61 Å². The van der Waals surface area contributed by atoms with Crippen molar-refractivity contribution in [1.29, 1.82) is 0 Å². The SMILES string of the molecule is CCCOc1ccc([C@@H]2Oc3c(Cl)cc(Cl)cc3[C@H]3CC(c4ccccc4)=NN32)cc1. The second-order valence-electron chi connectivity index (χ2n) is 7.71. The van der Waals surface area contributed by atoms with Crippen molar-refractivity contribution in [2.24, 2.45) is 5.10 Å². The van der Waals surface area contributed by atoms with Gasteiger partial charge in [0.05, 0.1) is 23.4 Å². The summed E-state index contributed by atoms with van der Waals surface area (Å²) >= 11 is 12.9. The largest absolute Gasteiger partial charge is 0.494 e. The van der Waals surface area contributed by atoms with Gasteiger partial charge in [-0.25, -0.2) is 5.01 Å². The molecule has 4 nitrogen and oxygen atoms in total. The van der Waals surface area contributed by atoms with Crippen molar-refractivity contribution in [3.05, 3.63) is 93.5 Å². The molecule has 5 rings (SSSR count). The van der Waals surface area contributed by atoms with Crippen molar-refractivity contribution in [3.63, 3.8) is 0 Å². The monoisotopic (exact) mass is 452 g/mol. The zero-order chi connectivity index (χ0) is 21.4. The van der Waals surface area contributed by atoms with E-state index in [-0.39, 0.29) is 6.04 Å². The van der Waals surface area contributed by atoms with E-state index in [1.165, 1.54) is 0 Å². The van der Waals surface area contributed by atoms with Crippen LogP contribution in [0.15, 0.2) is 71.8 Å². The van der Waals surface area contributed by atoms with Gasteiger partial charge in [0.25, 0.3) is 0 Å². The molecule has 0 spiro atoms. The van der Waals surface area contributed by atoms with Crippen LogP contribution in [0.4, 0.5) is 0 Å². The molecule has 0 saturated heterocycles. The molecule has 2 atom stereocenters. The number of fused-ring (bicyclic) bond motifs is 3. The summed E-state index contributed by atoms with van der Waals surface area (Å²) in [5.74, 6) is 1.52. The van der Waals surface area contributed by atoms with Crippen LogP contribution >= 0.6 is 23.2 Å². The number of halogens is 2. The number of hydrogen-bond donors (Lipinski definition) is 0. The fraction of sp³-hybridized carbons (Fsp3) is 0.240. The number of benzene rings is 3. The average Bonchev–Trinajstić information content (AvgIpc) is 3.24. The maximum absolute atomic E-state index is 6.54. The lowest BCUT2D eigenvalue weighted by Gasteiger charge is -2.38. The Morgan fingerprint density at radius 1 is 1.06 bits per heavy atom. The first-order chi connectivity index (χ1) is 15.1. The Balaban J connectivity index is 1.55. The summed E-state index contributed by atoms with van der Waals surface area (Å²) in [7, 11) is 0. The Bertz CT molecular complexity index is 1120. The third kappa shape index (κ3) is 3.86. The molecule has 2 heterocycles. The van der Waals surface area contributed by atoms with Gasteiger partial charge in [0.1, 0.15) is 11.5 Å². The van der Waals surface area contributed by atoms with Crippen molar-refractivity contribution in [3.8, 4) is 11.5 Å². The fourth-order valence-corrected chi connectivity index (χ4v) is 4.64. The van der Waals surface area contributed by atoms with Crippen LogP contribution in [0.3, 0.4) is 0 Å². The molecule has 158 valence electrons. The molecule has 0 amide bonds. The van der Waals surface area contributed by atoms with Gasteiger partial charge in [0.2, 0.25) is 6.23 Å². The third-order valence-electron chi connectivity index (χ3n) is 5.55. The molecular formula is C25H22Cl2N2O2. The van der Waals surface area contributed by atoms with Crippen LogP contribution in [0.2, 0.25) is 10.0 Å². The Hall–Kier alpha value is -2.69. The van der Waals surface area contributed by atoms with E-state index in [4.69, 9.17) is 37.8 Å². The molecule has 3 aromatic carbocycles. The first-order valence-corrected chi connectivity index (χ1v) is 11.2. The Morgan fingerprint density at radius 3 is 2.58 bits per heavy atom. The number of rotatable bonds is 5. The number of hydrogen-bond acceptors (Lipinski definition) is 4. The predicted molar refractivity (Wildman–Crippen MR) is 124 cm³/mol. The summed E-state index contributed by atoms with van der Waals surface area (Å²) in [5, 5.41) is 8.11. The second-order valence-corrected chi connectivity index (χ2v) is 8.55. The van der Waals surface area contributed by atoms with E-state index in [1.54, 1.807) is 6.07 Å². The third-order valence-corrected chi connectivity index (χ3v) is 6.05. The van der Waals surface area contributed by atoms with E-state index >= 15 is 0 Å². The van der Waals surface area contributed by atoms with Crippen molar-refractivity contribution in [1.82, 2.24) is 5.01 Å². The molecule has 0 fully saturated rings. The molecule has 0 unspecified atom stereocenters. The summed E-state index contributed by atoms with van der Waals surface area (Å²) < 4.78 is 12.1. The standard InChI is InChI=1S/C25H22Cl2N2O2/c1-2-12-30-19-10-8-17(9-11-19)25-29-23(15-22(28-29)16-6-4-3-5-7-16)20-13-18(26)14-21(27)24(20)31-25/h3-11,13-14,23,25H,2,12,15H2,1H3/t23-,25+/m1/s1. The summed E-state index contributed by atoms with van der Waals surface area (Å²) in [6, 6.07) is 21.9. The maximum atomic E-state index is 6.54. The van der Waals surface area contributed by atoms with Crippen LogP contribution in [-0.4, -0.2) is 17.3 Å². The Kier molecular flexibility index (Phi) is 5.51. The molecule has 31 heavy (non-hydrogen) atoms. The van der Waals surface area contributed by atoms with Gasteiger partial charge in [0, 0.05) is 22.6 Å². The van der Waals surface area contributed by atoms with E-state index < -0.39 is 6.23 Å². The van der Waals surface area contributed by atoms with Gasteiger partial charge in [-0.3, -0.25) is 0 Å². The van der Waals surface area contributed by atoms with E-state index in [2.05, 4.69) is 19.1 Å². The highest BCUT2D eigenvalue weighted by atomic mass is 35.5. The van der Waals surface area contributed by atoms with Gasteiger partial charge >= 0.3 is 0 Å². The van der Waals surface area contributed by atoms with E-state index in [0.717, 1.165) is 41.0 Å². The number of ether oxygens (including phenoxy) is 2. The average molecular weight is 453 g/mol. The highest BCUT2D eigenvalue weighted by Gasteiger charge is 2.42. The van der Waals surface area contributed by atoms with Gasteiger partial charge in [0.15, 0.2) is 0 Å². The molecule has 0 saturated carbocycles. The van der Waals surface area contributed by atoms with Gasteiger partial charge < -0.3 is 9.47 Å². The molecule has 0 aliphatic carbocycles. The summed E-state index contributed by atoms with van der Waals surface area (Å²) in [5.41, 5.74) is 4.08. The first-order valence-electron chi connectivity index (χ1n) is 10.4. The molecule has 2 aliphatic heterocycles. The normalized spacial score (nSPS) is 19.3. The van der Waals surface area contributed by atoms with Crippen LogP contribution in [0.25, 0.3) is 0 Å². The lowest BCUT2D eigenvalue weighted by Crippen LogP contribution is -2.33. The van der Waals surface area contributed by atoms with Crippen LogP contribution < -0.4 is 9.47 Å². The minimum absolute atomic E-state index is 0.00354. The van der Waals surface area contributed by atoms with Gasteiger partial charge in [-0.05, 0) is 48.4 Å². The molecule has 0 aromatic heterocycles. The summed E-state index contributed by atoms with van der Waals surface area (Å²) in [6.45, 7) is 2.79. The van der Waals surface area contributed by atoms with E-state index in [9.17, 15) is 0 Å². The minimum atomic E-state index is -0.391. The van der Waals surface area contributed by atoms with Gasteiger partial charge in [-0.1, -0.05) is 60.5 Å². The van der Waals surface area contributed by atoms with E-state index in [0.29, 0.717) is 22.4 Å². The van der Waals surface area contributed by atoms with Crippen molar-refractivity contribution < 1.29 is 9.47 Å². The van der Waals surface area contributed by atoms with Crippen LogP contribution in [0, 0.1) is 0 Å². The van der Waals surface area contributed by atoms with Crippen LogP contribution in [-0.2, 0) is 0 Å². The Morgan fingerprint density at radius 2 is 1.84 bits per heavy atom. The summed E-state index contributed by atoms with van der Waals surface area (Å²) in [6.07, 6.45) is 1.33. The van der Waals surface area contributed by atoms with Crippen LogP contribution in [0.5, 0.6) is 11.5 Å². The van der Waals surface area contributed by atoms with Crippen molar-refractivity contribution in [2.45, 2.75) is 32.0 Å². The maximum Gasteiger partial charge on any atom is 0.213 e. The first kappa shape index (κ1) is 20.2. The minimum Gasteiger partial charge on any atom is -0.494 e. The number of nitrogens with zero attached hydrogens (tertiary/aromatic N) is 2. The molecular weight excluding hydrogens is 431 g/mol. The lowest BCUT2D eigenvalue weighted by atomic mass is 9.96. The highest BCUT2D eigenvalue weighted by molar-refractivity contribution is 6.35. The quantitative estimate of drug-likeness (QED) is 0.416. The smallest absolute Gasteiger partial charge is 0.213 e. The molecule has 3 aromatic rings. The van der Waals surface area contributed by atoms with Gasteiger partial charge in [-0.15, -0.1) is 0 Å². The van der Waals surface area contributed by atoms with Crippen LogP contribution in [0.1, 0.15) is 48.7 Å². The molecule has 6 heteroatoms. The van der Waals surface area contributed by atoms with E-state index in [1.807, 2.05) is 53.5 Å². The zero-order valence-electron chi connectivity index (χ0n) is 17.1. The zero-order valence-corrected chi connectivity index (χ0v) is 18.6. The highest BCUT2D eigenvalue weighted by Crippen LogP contribution is 2.50. The number of hydrazone groups is 1. The lowest BCUT2D eigenvalue weighted by molar-refractivity contribution is -0.0189. The fourth-order valence-electron chi connectivity index (χ4n) is 4.09. The topological polar surface area (TPSA) is 34.1 Å². The Labute approximate surface area is 192 Å².